The minimum Gasteiger partial charge on any atom is -0.388 e. The molecule has 0 saturated heterocycles. The molecule has 4 heteroatoms. The molecule has 0 aliphatic heterocycles. The van der Waals surface area contributed by atoms with Crippen molar-refractivity contribution in [1.82, 2.24) is 9.78 Å². The summed E-state index contributed by atoms with van der Waals surface area (Å²) >= 11 is 1.71. The second-order valence-corrected chi connectivity index (χ2v) is 6.13. The number of benzene rings is 1. The Kier molecular flexibility index (Phi) is 5.88. The Labute approximate surface area is 131 Å². The maximum Gasteiger partial charge on any atom is 0.0846 e. The molecule has 0 saturated carbocycles. The van der Waals surface area contributed by atoms with Crippen molar-refractivity contribution in [1.29, 1.82) is 0 Å². The molecule has 1 atom stereocenters. The van der Waals surface area contributed by atoms with Gasteiger partial charge in [0.2, 0.25) is 0 Å². The molecule has 21 heavy (non-hydrogen) atoms. The molecule has 0 aliphatic carbocycles. The molecule has 3 nitrogen and oxygen atoms in total. The standard InChI is InChI=1S/C17H24N2OS/c1-4-15(5-2)19-11-10-14(18-19)12-17(20)13-6-8-16(21-3)9-7-13/h6-11,15,17,20H,4-5,12H2,1-3H3. The van der Waals surface area contributed by atoms with Crippen LogP contribution in [0.2, 0.25) is 0 Å². The van der Waals surface area contributed by atoms with Crippen LogP contribution in [0.4, 0.5) is 0 Å². The third-order valence-electron chi connectivity index (χ3n) is 3.88. The molecular weight excluding hydrogens is 280 g/mol. The van der Waals surface area contributed by atoms with E-state index in [1.165, 1.54) is 4.90 Å². The van der Waals surface area contributed by atoms with E-state index in [-0.39, 0.29) is 0 Å². The van der Waals surface area contributed by atoms with E-state index in [0.29, 0.717) is 12.5 Å². The number of aliphatic hydroxyl groups excluding tert-OH is 1. The monoisotopic (exact) mass is 304 g/mol. The van der Waals surface area contributed by atoms with Crippen LogP contribution in [0.15, 0.2) is 41.4 Å². The predicted molar refractivity (Wildman–Crippen MR) is 88.7 cm³/mol. The number of aliphatic hydroxyl groups is 1. The molecule has 2 rings (SSSR count). The Bertz CT molecular complexity index is 546. The van der Waals surface area contributed by atoms with Crippen LogP contribution in [-0.2, 0) is 6.42 Å². The Balaban J connectivity index is 2.03. The lowest BCUT2D eigenvalue weighted by molar-refractivity contribution is 0.176. The van der Waals surface area contributed by atoms with E-state index in [1.54, 1.807) is 11.8 Å². The molecule has 1 unspecified atom stereocenters. The highest BCUT2D eigenvalue weighted by Crippen LogP contribution is 2.22. The van der Waals surface area contributed by atoms with Gasteiger partial charge in [-0.25, -0.2) is 0 Å². The van der Waals surface area contributed by atoms with E-state index in [1.807, 2.05) is 41.2 Å². The summed E-state index contributed by atoms with van der Waals surface area (Å²) in [6, 6.07) is 10.6. The van der Waals surface area contributed by atoms with Crippen LogP contribution in [0.1, 0.15) is 50.1 Å². The van der Waals surface area contributed by atoms with Crippen molar-refractivity contribution in [3.05, 3.63) is 47.8 Å². The number of thioether (sulfide) groups is 1. The van der Waals surface area contributed by atoms with Gasteiger partial charge in [0, 0.05) is 17.5 Å². The largest absolute Gasteiger partial charge is 0.388 e. The zero-order valence-electron chi connectivity index (χ0n) is 13.0. The molecule has 1 N–H and O–H groups in total. The van der Waals surface area contributed by atoms with Crippen molar-refractivity contribution in [2.24, 2.45) is 0 Å². The van der Waals surface area contributed by atoms with Gasteiger partial charge in [-0.2, -0.15) is 5.10 Å². The van der Waals surface area contributed by atoms with Crippen LogP contribution >= 0.6 is 11.8 Å². The highest BCUT2D eigenvalue weighted by atomic mass is 32.2. The van der Waals surface area contributed by atoms with E-state index >= 15 is 0 Å². The first-order valence-electron chi connectivity index (χ1n) is 7.54. The highest BCUT2D eigenvalue weighted by molar-refractivity contribution is 7.98. The van der Waals surface area contributed by atoms with Gasteiger partial charge in [0.1, 0.15) is 0 Å². The number of hydrogen-bond acceptors (Lipinski definition) is 3. The van der Waals surface area contributed by atoms with Gasteiger partial charge in [-0.15, -0.1) is 11.8 Å². The molecular formula is C17H24N2OS. The van der Waals surface area contributed by atoms with E-state index in [2.05, 4.69) is 25.2 Å². The second-order valence-electron chi connectivity index (χ2n) is 5.25. The maximum absolute atomic E-state index is 10.3. The van der Waals surface area contributed by atoms with Crippen molar-refractivity contribution in [3.63, 3.8) is 0 Å². The van der Waals surface area contributed by atoms with Crippen LogP contribution < -0.4 is 0 Å². The second kappa shape index (κ2) is 7.66. The maximum atomic E-state index is 10.3. The summed E-state index contributed by atoms with van der Waals surface area (Å²) < 4.78 is 2.03. The minimum absolute atomic E-state index is 0.455. The van der Waals surface area contributed by atoms with Crippen molar-refractivity contribution in [2.45, 2.75) is 50.2 Å². The molecule has 0 amide bonds. The zero-order valence-corrected chi connectivity index (χ0v) is 13.8. The van der Waals surface area contributed by atoms with Gasteiger partial charge in [0.25, 0.3) is 0 Å². The fourth-order valence-electron chi connectivity index (χ4n) is 2.49. The summed E-state index contributed by atoms with van der Waals surface area (Å²) in [5, 5.41) is 14.9. The van der Waals surface area contributed by atoms with Gasteiger partial charge < -0.3 is 5.11 Å². The molecule has 0 radical (unpaired) electrons. The Hall–Kier alpha value is -1.26. The van der Waals surface area contributed by atoms with E-state index in [4.69, 9.17) is 0 Å². The molecule has 0 aliphatic rings. The highest BCUT2D eigenvalue weighted by Gasteiger charge is 2.13. The van der Waals surface area contributed by atoms with Gasteiger partial charge in [-0.1, -0.05) is 26.0 Å². The average molecular weight is 304 g/mol. The van der Waals surface area contributed by atoms with Crippen LogP contribution in [0, 0.1) is 0 Å². The summed E-state index contributed by atoms with van der Waals surface area (Å²) in [6.07, 6.45) is 6.30. The average Bonchev–Trinajstić information content (AvgIpc) is 2.97. The molecule has 0 bridgehead atoms. The lowest BCUT2D eigenvalue weighted by atomic mass is 10.1. The number of nitrogens with zero attached hydrogens (tertiary/aromatic N) is 2. The zero-order chi connectivity index (χ0) is 15.2. The summed E-state index contributed by atoms with van der Waals surface area (Å²) in [6.45, 7) is 4.36. The fourth-order valence-corrected chi connectivity index (χ4v) is 2.90. The summed E-state index contributed by atoms with van der Waals surface area (Å²) in [4.78, 5) is 1.21. The van der Waals surface area contributed by atoms with Crippen molar-refractivity contribution < 1.29 is 5.11 Å². The number of aromatic nitrogens is 2. The summed E-state index contributed by atoms with van der Waals surface area (Å²) in [5.74, 6) is 0. The number of rotatable bonds is 7. The first-order valence-corrected chi connectivity index (χ1v) is 8.76. The summed E-state index contributed by atoms with van der Waals surface area (Å²) in [5.41, 5.74) is 1.90. The quantitative estimate of drug-likeness (QED) is 0.777. The topological polar surface area (TPSA) is 38.0 Å². The Morgan fingerprint density at radius 3 is 2.38 bits per heavy atom. The van der Waals surface area contributed by atoms with E-state index in [9.17, 15) is 5.11 Å². The van der Waals surface area contributed by atoms with Gasteiger partial charge in [0.15, 0.2) is 0 Å². The van der Waals surface area contributed by atoms with Gasteiger partial charge >= 0.3 is 0 Å². The van der Waals surface area contributed by atoms with Crippen LogP contribution in [0.25, 0.3) is 0 Å². The lowest BCUT2D eigenvalue weighted by Gasteiger charge is -2.13. The first kappa shape index (κ1) is 16.1. The molecule has 1 aromatic heterocycles. The SMILES string of the molecule is CCC(CC)n1ccc(CC(O)c2ccc(SC)cc2)n1. The van der Waals surface area contributed by atoms with Crippen molar-refractivity contribution in [2.75, 3.05) is 6.26 Å². The minimum atomic E-state index is -0.494. The van der Waals surface area contributed by atoms with E-state index < -0.39 is 6.10 Å². The smallest absolute Gasteiger partial charge is 0.0846 e. The van der Waals surface area contributed by atoms with E-state index in [0.717, 1.165) is 24.1 Å². The molecule has 0 fully saturated rings. The first-order chi connectivity index (χ1) is 10.2. The van der Waals surface area contributed by atoms with Crippen molar-refractivity contribution in [3.8, 4) is 0 Å². The predicted octanol–water partition coefficient (Wildman–Crippen LogP) is 4.24. The van der Waals surface area contributed by atoms with Crippen LogP contribution in [0.3, 0.4) is 0 Å². The molecule has 1 heterocycles. The van der Waals surface area contributed by atoms with Crippen LogP contribution in [-0.4, -0.2) is 21.1 Å². The number of hydrogen-bond donors (Lipinski definition) is 1. The third-order valence-corrected chi connectivity index (χ3v) is 4.63. The third kappa shape index (κ3) is 4.11. The Morgan fingerprint density at radius 2 is 1.81 bits per heavy atom. The summed E-state index contributed by atoms with van der Waals surface area (Å²) in [7, 11) is 0. The molecule has 114 valence electrons. The normalized spacial score (nSPS) is 12.8. The lowest BCUT2D eigenvalue weighted by Crippen LogP contribution is -2.09. The van der Waals surface area contributed by atoms with Gasteiger partial charge in [-0.3, -0.25) is 4.68 Å². The fraction of sp³-hybridized carbons (Fsp3) is 0.471. The van der Waals surface area contributed by atoms with Gasteiger partial charge in [-0.05, 0) is 42.9 Å². The van der Waals surface area contributed by atoms with Crippen molar-refractivity contribution >= 4 is 11.8 Å². The van der Waals surface area contributed by atoms with Gasteiger partial charge in [0.05, 0.1) is 17.8 Å². The molecule has 0 spiro atoms. The molecule has 1 aromatic carbocycles. The Morgan fingerprint density at radius 1 is 1.14 bits per heavy atom. The van der Waals surface area contributed by atoms with Crippen LogP contribution in [0.5, 0.6) is 0 Å². The molecule has 2 aromatic rings.